The molecule has 4 atom stereocenters. The zero-order valence-electron chi connectivity index (χ0n) is 9.43. The molecular formula is C10H22BrNO3. The fourth-order valence-electron chi connectivity index (χ4n) is 2.38. The van der Waals surface area contributed by atoms with Crippen LogP contribution in [0.25, 0.3) is 0 Å². The van der Waals surface area contributed by atoms with Crippen molar-refractivity contribution in [1.29, 1.82) is 0 Å². The Bertz CT molecular complexity index is 194. The quantitative estimate of drug-likeness (QED) is 0.466. The Labute approximate surface area is 102 Å². The number of halogens is 1. The highest BCUT2D eigenvalue weighted by atomic mass is 79.9. The summed E-state index contributed by atoms with van der Waals surface area (Å²) in [6.07, 6.45) is 0.695. The van der Waals surface area contributed by atoms with Crippen LogP contribution in [-0.2, 0) is 0 Å². The summed E-state index contributed by atoms with van der Waals surface area (Å²) in [6.45, 7) is 3.52. The Morgan fingerprint density at radius 3 is 2.40 bits per heavy atom. The molecule has 1 aliphatic rings. The van der Waals surface area contributed by atoms with Crippen LogP contribution in [0, 0.1) is 0 Å². The van der Waals surface area contributed by atoms with Gasteiger partial charge >= 0.3 is 0 Å². The lowest BCUT2D eigenvalue weighted by Crippen LogP contribution is -3.00. The zero-order chi connectivity index (χ0) is 10.8. The van der Waals surface area contributed by atoms with Crippen LogP contribution in [0.1, 0.15) is 19.8 Å². The van der Waals surface area contributed by atoms with Gasteiger partial charge in [-0.1, -0.05) is 13.3 Å². The van der Waals surface area contributed by atoms with Gasteiger partial charge in [0.25, 0.3) is 0 Å². The Kier molecular flexibility index (Phi) is 6.28. The average molecular weight is 284 g/mol. The van der Waals surface area contributed by atoms with E-state index in [2.05, 4.69) is 6.92 Å². The van der Waals surface area contributed by atoms with E-state index < -0.39 is 12.2 Å². The van der Waals surface area contributed by atoms with Crippen LogP contribution >= 0.6 is 0 Å². The van der Waals surface area contributed by atoms with Crippen molar-refractivity contribution in [2.45, 2.75) is 38.0 Å². The molecule has 0 amide bonds. The summed E-state index contributed by atoms with van der Waals surface area (Å²) in [5.74, 6) is 0. The fourth-order valence-corrected chi connectivity index (χ4v) is 2.38. The molecule has 0 aromatic rings. The number of aliphatic hydroxyl groups is 3. The topological polar surface area (TPSA) is 60.7 Å². The van der Waals surface area contributed by atoms with Gasteiger partial charge in [0.15, 0.2) is 0 Å². The van der Waals surface area contributed by atoms with E-state index in [0.29, 0.717) is 11.0 Å². The number of hydrogen-bond acceptors (Lipinski definition) is 3. The SMILES string of the molecule is CCCC[N+]1(C)C[C@H](O)[C@@H](O)[C@H]1CO.[Br-]. The standard InChI is InChI=1S/C10H22NO3.BrH/c1-3-4-5-11(2)6-9(13)10(14)8(11)7-12;/h8-10,12-14H,3-7H2,1-2H3;1H/q+1;/p-1/t8-,9+,10+,11?;/m1./s1. The summed E-state index contributed by atoms with van der Waals surface area (Å²) < 4.78 is 0.590. The molecule has 92 valence electrons. The van der Waals surface area contributed by atoms with Gasteiger partial charge in [-0.05, 0) is 6.42 Å². The molecule has 0 spiro atoms. The fraction of sp³-hybridized carbons (Fsp3) is 1.00. The lowest BCUT2D eigenvalue weighted by molar-refractivity contribution is -0.924. The van der Waals surface area contributed by atoms with Crippen LogP contribution in [0.5, 0.6) is 0 Å². The number of quaternary nitrogens is 1. The van der Waals surface area contributed by atoms with Crippen LogP contribution in [0.2, 0.25) is 0 Å². The lowest BCUT2D eigenvalue weighted by Gasteiger charge is -2.35. The van der Waals surface area contributed by atoms with Crippen molar-refractivity contribution in [2.75, 3.05) is 26.7 Å². The molecule has 5 heteroatoms. The number of likely N-dealkylation sites (tertiary alicyclic amines) is 1. The third-order valence-corrected chi connectivity index (χ3v) is 3.40. The molecule has 1 aliphatic heterocycles. The highest BCUT2D eigenvalue weighted by Gasteiger charge is 2.49. The first-order chi connectivity index (χ1) is 6.55. The summed E-state index contributed by atoms with van der Waals surface area (Å²) in [7, 11) is 2.00. The highest BCUT2D eigenvalue weighted by Crippen LogP contribution is 2.26. The van der Waals surface area contributed by atoms with E-state index in [4.69, 9.17) is 0 Å². The smallest absolute Gasteiger partial charge is 0.141 e. The minimum Gasteiger partial charge on any atom is -1.00 e. The zero-order valence-corrected chi connectivity index (χ0v) is 11.0. The molecular weight excluding hydrogens is 262 g/mol. The molecule has 1 heterocycles. The summed E-state index contributed by atoms with van der Waals surface area (Å²) >= 11 is 0. The molecule has 1 saturated heterocycles. The average Bonchev–Trinajstić information content (AvgIpc) is 2.35. The van der Waals surface area contributed by atoms with Crippen molar-refractivity contribution in [3.63, 3.8) is 0 Å². The Morgan fingerprint density at radius 2 is 1.93 bits per heavy atom. The molecule has 15 heavy (non-hydrogen) atoms. The van der Waals surface area contributed by atoms with E-state index in [0.717, 1.165) is 19.4 Å². The molecule has 0 aliphatic carbocycles. The van der Waals surface area contributed by atoms with Crippen molar-refractivity contribution < 1.29 is 36.8 Å². The van der Waals surface area contributed by atoms with Gasteiger partial charge in [0.1, 0.15) is 24.8 Å². The molecule has 0 bridgehead atoms. The van der Waals surface area contributed by atoms with Crippen molar-refractivity contribution in [3.8, 4) is 0 Å². The van der Waals surface area contributed by atoms with Crippen LogP contribution in [-0.4, -0.2) is 64.8 Å². The predicted octanol–water partition coefficient (Wildman–Crippen LogP) is -3.67. The molecule has 1 fully saturated rings. The molecule has 0 aromatic carbocycles. The van der Waals surface area contributed by atoms with Crippen LogP contribution < -0.4 is 17.0 Å². The van der Waals surface area contributed by atoms with E-state index in [1.54, 1.807) is 0 Å². The monoisotopic (exact) mass is 283 g/mol. The van der Waals surface area contributed by atoms with Crippen LogP contribution in [0.4, 0.5) is 0 Å². The molecule has 1 rings (SSSR count). The van der Waals surface area contributed by atoms with Crippen molar-refractivity contribution in [1.82, 2.24) is 0 Å². The number of unbranched alkanes of at least 4 members (excludes halogenated alkanes) is 1. The van der Waals surface area contributed by atoms with Gasteiger partial charge < -0.3 is 36.8 Å². The number of likely N-dealkylation sites (N-methyl/N-ethyl adjacent to an activating group) is 1. The van der Waals surface area contributed by atoms with Gasteiger partial charge in [0, 0.05) is 0 Å². The van der Waals surface area contributed by atoms with E-state index in [1.807, 2.05) is 7.05 Å². The first-order valence-electron chi connectivity index (χ1n) is 5.36. The predicted molar refractivity (Wildman–Crippen MR) is 53.7 cm³/mol. The van der Waals surface area contributed by atoms with Gasteiger partial charge in [0.05, 0.1) is 20.2 Å². The number of hydrogen-bond donors (Lipinski definition) is 3. The number of aliphatic hydroxyl groups excluding tert-OH is 3. The van der Waals surface area contributed by atoms with Gasteiger partial charge in [0.2, 0.25) is 0 Å². The van der Waals surface area contributed by atoms with Gasteiger partial charge in [-0.3, -0.25) is 0 Å². The Hall–Kier alpha value is 0.320. The summed E-state index contributed by atoms with van der Waals surface area (Å²) in [4.78, 5) is 0. The van der Waals surface area contributed by atoms with Crippen LogP contribution in [0.15, 0.2) is 0 Å². The molecule has 0 radical (unpaired) electrons. The van der Waals surface area contributed by atoms with Crippen LogP contribution in [0.3, 0.4) is 0 Å². The first kappa shape index (κ1) is 15.3. The second-order valence-corrected chi connectivity index (χ2v) is 4.55. The van der Waals surface area contributed by atoms with Gasteiger partial charge in [-0.15, -0.1) is 0 Å². The Balaban J connectivity index is 0.00000196. The number of rotatable bonds is 4. The Morgan fingerprint density at radius 1 is 1.33 bits per heavy atom. The van der Waals surface area contributed by atoms with E-state index in [-0.39, 0.29) is 29.6 Å². The summed E-state index contributed by atoms with van der Waals surface area (Å²) in [5.41, 5.74) is 0. The second-order valence-electron chi connectivity index (χ2n) is 4.55. The maximum atomic E-state index is 9.67. The largest absolute Gasteiger partial charge is 1.00 e. The maximum Gasteiger partial charge on any atom is 0.141 e. The minimum atomic E-state index is -0.776. The second kappa shape index (κ2) is 6.15. The third-order valence-electron chi connectivity index (χ3n) is 3.40. The van der Waals surface area contributed by atoms with Crippen molar-refractivity contribution in [2.24, 2.45) is 0 Å². The lowest BCUT2D eigenvalue weighted by atomic mass is 10.1. The summed E-state index contributed by atoms with van der Waals surface area (Å²) in [6, 6.07) is -0.225. The maximum absolute atomic E-state index is 9.67. The molecule has 0 aromatic heterocycles. The van der Waals surface area contributed by atoms with Gasteiger partial charge in [-0.25, -0.2) is 0 Å². The first-order valence-corrected chi connectivity index (χ1v) is 5.36. The van der Waals surface area contributed by atoms with E-state index in [1.165, 1.54) is 0 Å². The van der Waals surface area contributed by atoms with Crippen molar-refractivity contribution >= 4 is 0 Å². The normalized spacial score (nSPS) is 40.2. The molecule has 1 unspecified atom stereocenters. The van der Waals surface area contributed by atoms with E-state index >= 15 is 0 Å². The number of nitrogens with zero attached hydrogens (tertiary/aromatic N) is 1. The third kappa shape index (κ3) is 3.14. The van der Waals surface area contributed by atoms with Crippen molar-refractivity contribution in [3.05, 3.63) is 0 Å². The minimum absolute atomic E-state index is 0. The molecule has 4 nitrogen and oxygen atoms in total. The molecule has 0 saturated carbocycles. The summed E-state index contributed by atoms with van der Waals surface area (Å²) in [5, 5.41) is 28.4. The highest BCUT2D eigenvalue weighted by molar-refractivity contribution is 4.83. The van der Waals surface area contributed by atoms with E-state index in [9.17, 15) is 15.3 Å². The molecule has 3 N–H and O–H groups in total. The van der Waals surface area contributed by atoms with Gasteiger partial charge in [-0.2, -0.15) is 0 Å².